The van der Waals surface area contributed by atoms with E-state index in [0.717, 1.165) is 0 Å². The number of fused-ring (bicyclic) bond motifs is 1. The summed E-state index contributed by atoms with van der Waals surface area (Å²) in [5, 5.41) is 14.4. The molecule has 9 nitrogen and oxygen atoms in total. The van der Waals surface area contributed by atoms with Gasteiger partial charge in [-0.15, -0.1) is 0 Å². The van der Waals surface area contributed by atoms with Crippen molar-refractivity contribution in [3.63, 3.8) is 0 Å². The zero-order valence-electron chi connectivity index (χ0n) is 15.9. The molecule has 0 spiro atoms. The third kappa shape index (κ3) is 3.51. The van der Waals surface area contributed by atoms with Crippen LogP contribution in [0.25, 0.3) is 0 Å². The van der Waals surface area contributed by atoms with Crippen LogP contribution in [-0.4, -0.2) is 34.1 Å². The largest absolute Gasteiger partial charge is 0.481 e. The fourth-order valence-corrected chi connectivity index (χ4v) is 3.21. The van der Waals surface area contributed by atoms with Crippen molar-refractivity contribution < 1.29 is 19.2 Å². The summed E-state index contributed by atoms with van der Waals surface area (Å²) in [6.07, 6.45) is 1.02. The highest BCUT2D eigenvalue weighted by Gasteiger charge is 2.37. The molecule has 2 heterocycles. The molecule has 0 saturated carbocycles. The van der Waals surface area contributed by atoms with E-state index in [9.17, 15) is 14.9 Å². The Balaban J connectivity index is 2.25. The summed E-state index contributed by atoms with van der Waals surface area (Å²) < 4.78 is 10.8. The molecule has 0 fully saturated rings. The van der Waals surface area contributed by atoms with Crippen molar-refractivity contribution in [1.82, 2.24) is 9.97 Å². The van der Waals surface area contributed by atoms with Crippen LogP contribution in [0.1, 0.15) is 37.8 Å². The van der Waals surface area contributed by atoms with Gasteiger partial charge in [-0.05, 0) is 26.3 Å². The number of nitro benzene ring substituents is 1. The van der Waals surface area contributed by atoms with Crippen molar-refractivity contribution in [2.45, 2.75) is 32.8 Å². The van der Waals surface area contributed by atoms with E-state index in [2.05, 4.69) is 15.3 Å². The lowest BCUT2D eigenvalue weighted by Gasteiger charge is -2.30. The summed E-state index contributed by atoms with van der Waals surface area (Å²) >= 11 is 0. The maximum absolute atomic E-state index is 12.9. The SMILES string of the molecule is COc1ncnc2c1C(c1cccc([N+](=O)[O-])c1)C(C(=O)OC(C)C)=C(C)N2. The Hall–Kier alpha value is -3.49. The third-order valence-corrected chi connectivity index (χ3v) is 4.30. The molecule has 0 aliphatic carbocycles. The highest BCUT2D eigenvalue weighted by atomic mass is 16.6. The van der Waals surface area contributed by atoms with E-state index >= 15 is 0 Å². The first kappa shape index (κ1) is 19.3. The van der Waals surface area contributed by atoms with Crippen molar-refractivity contribution in [3.8, 4) is 5.88 Å². The monoisotopic (exact) mass is 384 g/mol. The molecular weight excluding hydrogens is 364 g/mol. The van der Waals surface area contributed by atoms with Gasteiger partial charge in [0.1, 0.15) is 12.1 Å². The zero-order chi connectivity index (χ0) is 20.4. The molecule has 0 saturated heterocycles. The number of nitrogens with one attached hydrogen (secondary N) is 1. The highest BCUT2D eigenvalue weighted by Crippen LogP contribution is 2.45. The number of ether oxygens (including phenoxy) is 2. The van der Waals surface area contributed by atoms with Crippen LogP contribution in [0.15, 0.2) is 41.9 Å². The number of carbonyl (C=O) groups excluding carboxylic acids is 1. The molecule has 1 aromatic heterocycles. The van der Waals surface area contributed by atoms with Crippen LogP contribution < -0.4 is 10.1 Å². The summed E-state index contributed by atoms with van der Waals surface area (Å²) in [5.74, 6) is -0.454. The molecule has 9 heteroatoms. The number of benzene rings is 1. The first-order valence-electron chi connectivity index (χ1n) is 8.65. The van der Waals surface area contributed by atoms with Crippen molar-refractivity contribution >= 4 is 17.5 Å². The fraction of sp³-hybridized carbons (Fsp3) is 0.316. The van der Waals surface area contributed by atoms with Crippen LogP contribution in [0.2, 0.25) is 0 Å². The van der Waals surface area contributed by atoms with Crippen molar-refractivity contribution in [2.24, 2.45) is 0 Å². The molecule has 3 rings (SSSR count). The first-order chi connectivity index (χ1) is 13.3. The summed E-state index contributed by atoms with van der Waals surface area (Å²) in [6, 6.07) is 6.12. The number of nitro groups is 1. The average Bonchev–Trinajstić information content (AvgIpc) is 2.65. The summed E-state index contributed by atoms with van der Waals surface area (Å²) in [6.45, 7) is 5.24. The number of carbonyl (C=O) groups is 1. The molecule has 1 atom stereocenters. The lowest BCUT2D eigenvalue weighted by Crippen LogP contribution is -2.27. The standard InChI is InChI=1S/C19H20N4O5/c1-10(2)28-19(24)14-11(3)22-17-16(18(27-4)21-9-20-17)15(14)12-6-5-7-13(8-12)23(25)26/h5-10,15H,1-4H3,(H,20,21,22). The number of anilines is 1. The highest BCUT2D eigenvalue weighted by molar-refractivity contribution is 5.94. The Bertz CT molecular complexity index is 971. The van der Waals surface area contributed by atoms with Gasteiger partial charge in [-0.2, -0.15) is 0 Å². The molecule has 2 aromatic rings. The second-order valence-corrected chi connectivity index (χ2v) is 6.55. The van der Waals surface area contributed by atoms with Gasteiger partial charge in [-0.25, -0.2) is 14.8 Å². The van der Waals surface area contributed by atoms with Gasteiger partial charge in [0.25, 0.3) is 5.69 Å². The molecule has 1 unspecified atom stereocenters. The lowest BCUT2D eigenvalue weighted by molar-refractivity contribution is -0.384. The van der Waals surface area contributed by atoms with Gasteiger partial charge < -0.3 is 14.8 Å². The van der Waals surface area contributed by atoms with E-state index < -0.39 is 16.8 Å². The lowest BCUT2D eigenvalue weighted by atomic mass is 9.82. The zero-order valence-corrected chi connectivity index (χ0v) is 15.9. The number of hydrogen-bond donors (Lipinski definition) is 1. The van der Waals surface area contributed by atoms with E-state index in [1.807, 2.05) is 0 Å². The van der Waals surface area contributed by atoms with Gasteiger partial charge in [0.15, 0.2) is 0 Å². The molecule has 1 N–H and O–H groups in total. The number of hydrogen-bond acceptors (Lipinski definition) is 8. The minimum Gasteiger partial charge on any atom is -0.481 e. The number of nitrogens with zero attached hydrogens (tertiary/aromatic N) is 3. The molecular formula is C19H20N4O5. The van der Waals surface area contributed by atoms with Gasteiger partial charge in [-0.1, -0.05) is 12.1 Å². The van der Waals surface area contributed by atoms with Gasteiger partial charge >= 0.3 is 5.97 Å². The van der Waals surface area contributed by atoms with Gasteiger partial charge in [0, 0.05) is 17.8 Å². The van der Waals surface area contributed by atoms with E-state index in [1.54, 1.807) is 32.9 Å². The van der Waals surface area contributed by atoms with Crippen LogP contribution in [0, 0.1) is 10.1 Å². The van der Waals surface area contributed by atoms with Crippen LogP contribution >= 0.6 is 0 Å². The summed E-state index contributed by atoms with van der Waals surface area (Å²) in [5.41, 5.74) is 1.86. The summed E-state index contributed by atoms with van der Waals surface area (Å²) in [4.78, 5) is 32.1. The second kappa shape index (κ2) is 7.63. The van der Waals surface area contributed by atoms with Crippen molar-refractivity contribution in [1.29, 1.82) is 0 Å². The average molecular weight is 384 g/mol. The number of esters is 1. The number of non-ortho nitro benzene ring substituents is 1. The molecule has 1 aliphatic rings. The number of methoxy groups -OCH3 is 1. The van der Waals surface area contributed by atoms with E-state index in [-0.39, 0.29) is 17.7 Å². The number of aromatic nitrogens is 2. The van der Waals surface area contributed by atoms with E-state index in [1.165, 1.54) is 25.6 Å². The van der Waals surface area contributed by atoms with E-state index in [4.69, 9.17) is 9.47 Å². The Morgan fingerprint density at radius 3 is 2.71 bits per heavy atom. The molecule has 28 heavy (non-hydrogen) atoms. The van der Waals surface area contributed by atoms with Crippen LogP contribution in [0.4, 0.5) is 11.5 Å². The Labute approximate surface area is 161 Å². The molecule has 0 radical (unpaired) electrons. The molecule has 0 bridgehead atoms. The van der Waals surface area contributed by atoms with Crippen LogP contribution in [-0.2, 0) is 9.53 Å². The minimum atomic E-state index is -0.682. The van der Waals surface area contributed by atoms with Gasteiger partial charge in [0.2, 0.25) is 5.88 Å². The van der Waals surface area contributed by atoms with Crippen molar-refractivity contribution in [2.75, 3.05) is 12.4 Å². The Kier molecular flexibility index (Phi) is 5.25. The normalized spacial score (nSPS) is 15.7. The van der Waals surface area contributed by atoms with Gasteiger partial charge in [-0.3, -0.25) is 10.1 Å². The number of allylic oxidation sites excluding steroid dienone is 1. The molecule has 1 aliphatic heterocycles. The van der Waals surface area contributed by atoms with Gasteiger partial charge in [0.05, 0.1) is 35.2 Å². The summed E-state index contributed by atoms with van der Waals surface area (Å²) in [7, 11) is 1.46. The fourth-order valence-electron chi connectivity index (χ4n) is 3.21. The Morgan fingerprint density at radius 1 is 1.32 bits per heavy atom. The minimum absolute atomic E-state index is 0.0809. The first-order valence-corrected chi connectivity index (χ1v) is 8.65. The maximum Gasteiger partial charge on any atom is 0.337 e. The second-order valence-electron chi connectivity index (χ2n) is 6.55. The number of rotatable bonds is 5. The Morgan fingerprint density at radius 2 is 2.07 bits per heavy atom. The van der Waals surface area contributed by atoms with Crippen molar-refractivity contribution in [3.05, 3.63) is 63.1 Å². The molecule has 1 aromatic carbocycles. The van der Waals surface area contributed by atoms with E-state index in [0.29, 0.717) is 28.2 Å². The topological polar surface area (TPSA) is 116 Å². The van der Waals surface area contributed by atoms with Crippen LogP contribution in [0.5, 0.6) is 5.88 Å². The third-order valence-electron chi connectivity index (χ3n) is 4.30. The smallest absolute Gasteiger partial charge is 0.337 e. The predicted molar refractivity (Wildman–Crippen MR) is 101 cm³/mol. The van der Waals surface area contributed by atoms with Crippen LogP contribution in [0.3, 0.4) is 0 Å². The molecule has 0 amide bonds. The molecule has 146 valence electrons. The quantitative estimate of drug-likeness (QED) is 0.475. The predicted octanol–water partition coefficient (Wildman–Crippen LogP) is 3.18. The maximum atomic E-state index is 12.9.